The van der Waals surface area contributed by atoms with Crippen molar-refractivity contribution in [2.45, 2.75) is 45.2 Å². The molecule has 0 atom stereocenters. The largest absolute Gasteiger partial charge is 0.310 e. The van der Waals surface area contributed by atoms with Gasteiger partial charge in [-0.1, -0.05) is 55.3 Å². The molecule has 0 aromatic heterocycles. The summed E-state index contributed by atoms with van der Waals surface area (Å²) in [5.41, 5.74) is 5.14. The molecular formula is C19H22ClN. The molecule has 2 aromatic rings. The Labute approximate surface area is 132 Å². The van der Waals surface area contributed by atoms with Crippen LogP contribution in [-0.2, 0) is 13.0 Å². The second-order valence-corrected chi connectivity index (χ2v) is 6.32. The molecule has 0 heterocycles. The third-order valence-electron chi connectivity index (χ3n) is 4.00. The average molecular weight is 300 g/mol. The van der Waals surface area contributed by atoms with Crippen LogP contribution < -0.4 is 5.32 Å². The number of hydrogen-bond acceptors (Lipinski definition) is 1. The highest BCUT2D eigenvalue weighted by molar-refractivity contribution is 6.31. The lowest BCUT2D eigenvalue weighted by molar-refractivity contribution is 0.688. The van der Waals surface area contributed by atoms with Gasteiger partial charge in [0.15, 0.2) is 0 Å². The lowest BCUT2D eigenvalue weighted by Crippen LogP contribution is -2.15. The van der Waals surface area contributed by atoms with Crippen molar-refractivity contribution >= 4 is 11.6 Å². The maximum Gasteiger partial charge on any atom is 0.0451 e. The Bertz CT molecular complexity index is 617. The molecule has 0 amide bonds. The zero-order chi connectivity index (χ0) is 14.7. The van der Waals surface area contributed by atoms with E-state index in [-0.39, 0.29) is 0 Å². The fourth-order valence-electron chi connectivity index (χ4n) is 2.63. The highest BCUT2D eigenvalue weighted by atomic mass is 35.5. The van der Waals surface area contributed by atoms with E-state index in [0.29, 0.717) is 6.04 Å². The number of aryl methyl sites for hydroxylation is 1. The molecule has 1 aliphatic carbocycles. The van der Waals surface area contributed by atoms with Gasteiger partial charge in [0.05, 0.1) is 0 Å². The summed E-state index contributed by atoms with van der Waals surface area (Å²) in [6, 6.07) is 15.9. The zero-order valence-corrected chi connectivity index (χ0v) is 13.3. The standard InChI is InChI=1S/C19H22ClN/c1-2-4-14-5-3-6-15(11-14)16-7-10-19(20)17(12-16)13-21-18-8-9-18/h3,5-7,10-12,18,21H,2,4,8-9,13H2,1H3. The summed E-state index contributed by atoms with van der Waals surface area (Å²) in [7, 11) is 0. The summed E-state index contributed by atoms with van der Waals surface area (Å²) in [4.78, 5) is 0. The van der Waals surface area contributed by atoms with Crippen molar-refractivity contribution in [2.24, 2.45) is 0 Å². The lowest BCUT2D eigenvalue weighted by Gasteiger charge is -2.10. The number of halogens is 1. The van der Waals surface area contributed by atoms with E-state index in [1.165, 1.54) is 41.5 Å². The van der Waals surface area contributed by atoms with Crippen LogP contribution in [0.5, 0.6) is 0 Å². The van der Waals surface area contributed by atoms with Crippen LogP contribution in [0.2, 0.25) is 5.02 Å². The molecule has 1 aliphatic rings. The van der Waals surface area contributed by atoms with Crippen LogP contribution in [0.25, 0.3) is 11.1 Å². The van der Waals surface area contributed by atoms with E-state index < -0.39 is 0 Å². The van der Waals surface area contributed by atoms with Gasteiger partial charge in [0.1, 0.15) is 0 Å². The minimum Gasteiger partial charge on any atom is -0.310 e. The van der Waals surface area contributed by atoms with E-state index in [2.05, 4.69) is 48.6 Å². The molecule has 110 valence electrons. The van der Waals surface area contributed by atoms with Crippen LogP contribution in [0.1, 0.15) is 37.3 Å². The smallest absolute Gasteiger partial charge is 0.0451 e. The van der Waals surface area contributed by atoms with Crippen molar-refractivity contribution in [3.8, 4) is 11.1 Å². The van der Waals surface area contributed by atoms with Crippen molar-refractivity contribution < 1.29 is 0 Å². The van der Waals surface area contributed by atoms with Crippen LogP contribution in [0, 0.1) is 0 Å². The van der Waals surface area contributed by atoms with Gasteiger partial charge in [-0.05, 0) is 53.6 Å². The Morgan fingerprint density at radius 3 is 2.67 bits per heavy atom. The van der Waals surface area contributed by atoms with Gasteiger partial charge in [0.25, 0.3) is 0 Å². The third kappa shape index (κ3) is 3.87. The highest BCUT2D eigenvalue weighted by Gasteiger charge is 2.20. The molecule has 1 nitrogen and oxygen atoms in total. The Morgan fingerprint density at radius 1 is 1.10 bits per heavy atom. The molecule has 2 heteroatoms. The molecule has 0 aliphatic heterocycles. The van der Waals surface area contributed by atoms with Crippen molar-refractivity contribution in [1.29, 1.82) is 0 Å². The number of benzene rings is 2. The number of nitrogens with one attached hydrogen (secondary N) is 1. The van der Waals surface area contributed by atoms with Gasteiger partial charge in [0, 0.05) is 17.6 Å². The fraction of sp³-hybridized carbons (Fsp3) is 0.368. The Kier molecular flexibility index (Phi) is 4.62. The van der Waals surface area contributed by atoms with Crippen LogP contribution in [0.15, 0.2) is 42.5 Å². The molecule has 1 saturated carbocycles. The van der Waals surface area contributed by atoms with Crippen LogP contribution in [-0.4, -0.2) is 6.04 Å². The molecular weight excluding hydrogens is 278 g/mol. The van der Waals surface area contributed by atoms with Gasteiger partial charge >= 0.3 is 0 Å². The number of rotatable bonds is 6. The third-order valence-corrected chi connectivity index (χ3v) is 4.37. The highest BCUT2D eigenvalue weighted by Crippen LogP contribution is 2.27. The quantitative estimate of drug-likeness (QED) is 0.772. The first-order valence-corrected chi connectivity index (χ1v) is 8.25. The lowest BCUT2D eigenvalue weighted by atomic mass is 9.99. The molecule has 21 heavy (non-hydrogen) atoms. The van der Waals surface area contributed by atoms with Gasteiger partial charge in [-0.2, -0.15) is 0 Å². The topological polar surface area (TPSA) is 12.0 Å². The average Bonchev–Trinajstić information content (AvgIpc) is 3.31. The minimum atomic E-state index is 0.706. The van der Waals surface area contributed by atoms with Gasteiger partial charge in [-0.15, -0.1) is 0 Å². The summed E-state index contributed by atoms with van der Waals surface area (Å²) in [6.07, 6.45) is 4.92. The summed E-state index contributed by atoms with van der Waals surface area (Å²) < 4.78 is 0. The summed E-state index contributed by atoms with van der Waals surface area (Å²) in [6.45, 7) is 3.09. The Hall–Kier alpha value is -1.31. The first kappa shape index (κ1) is 14.6. The summed E-state index contributed by atoms with van der Waals surface area (Å²) in [5.74, 6) is 0. The fourth-order valence-corrected chi connectivity index (χ4v) is 2.81. The first-order chi connectivity index (χ1) is 10.3. The normalized spacial score (nSPS) is 14.4. The zero-order valence-electron chi connectivity index (χ0n) is 12.5. The van der Waals surface area contributed by atoms with E-state index >= 15 is 0 Å². The molecule has 0 bridgehead atoms. The Morgan fingerprint density at radius 2 is 1.90 bits per heavy atom. The van der Waals surface area contributed by atoms with Crippen molar-refractivity contribution in [3.05, 3.63) is 58.6 Å². The molecule has 0 radical (unpaired) electrons. The van der Waals surface area contributed by atoms with Gasteiger partial charge in [-0.25, -0.2) is 0 Å². The monoisotopic (exact) mass is 299 g/mol. The predicted octanol–water partition coefficient (Wildman–Crippen LogP) is 5.21. The maximum absolute atomic E-state index is 6.33. The molecule has 0 saturated heterocycles. The van der Waals surface area contributed by atoms with E-state index in [1.54, 1.807) is 0 Å². The first-order valence-electron chi connectivity index (χ1n) is 7.87. The SMILES string of the molecule is CCCc1cccc(-c2ccc(Cl)c(CNC3CC3)c2)c1. The second-order valence-electron chi connectivity index (χ2n) is 5.91. The van der Waals surface area contributed by atoms with E-state index in [4.69, 9.17) is 11.6 Å². The van der Waals surface area contributed by atoms with E-state index in [1.807, 2.05) is 6.07 Å². The number of hydrogen-bond donors (Lipinski definition) is 1. The second kappa shape index (κ2) is 6.64. The minimum absolute atomic E-state index is 0.706. The predicted molar refractivity (Wildman–Crippen MR) is 90.7 cm³/mol. The maximum atomic E-state index is 6.33. The van der Waals surface area contributed by atoms with Gasteiger partial charge < -0.3 is 5.32 Å². The van der Waals surface area contributed by atoms with Crippen LogP contribution in [0.4, 0.5) is 0 Å². The molecule has 0 spiro atoms. The van der Waals surface area contributed by atoms with E-state index in [0.717, 1.165) is 18.0 Å². The van der Waals surface area contributed by atoms with E-state index in [9.17, 15) is 0 Å². The van der Waals surface area contributed by atoms with Gasteiger partial charge in [0.2, 0.25) is 0 Å². The Balaban J connectivity index is 1.83. The summed E-state index contributed by atoms with van der Waals surface area (Å²) in [5, 5.41) is 4.40. The molecule has 1 fully saturated rings. The van der Waals surface area contributed by atoms with Crippen LogP contribution in [0.3, 0.4) is 0 Å². The van der Waals surface area contributed by atoms with Crippen LogP contribution >= 0.6 is 11.6 Å². The van der Waals surface area contributed by atoms with Crippen molar-refractivity contribution in [1.82, 2.24) is 5.32 Å². The molecule has 1 N–H and O–H groups in total. The molecule has 0 unspecified atom stereocenters. The van der Waals surface area contributed by atoms with Crippen molar-refractivity contribution in [3.63, 3.8) is 0 Å². The molecule has 2 aromatic carbocycles. The van der Waals surface area contributed by atoms with Gasteiger partial charge in [-0.3, -0.25) is 0 Å². The summed E-state index contributed by atoms with van der Waals surface area (Å²) >= 11 is 6.33. The molecule has 3 rings (SSSR count). The van der Waals surface area contributed by atoms with Crippen molar-refractivity contribution in [2.75, 3.05) is 0 Å².